The van der Waals surface area contributed by atoms with Gasteiger partial charge in [0.05, 0.1) is 12.2 Å². The first-order valence-electron chi connectivity index (χ1n) is 9.35. The number of carboxylic acids is 1. The minimum atomic E-state index is -0.989. The molecule has 28 heavy (non-hydrogen) atoms. The molecule has 0 unspecified atom stereocenters. The summed E-state index contributed by atoms with van der Waals surface area (Å²) in [5.41, 5.74) is 1.15. The Hall–Kier alpha value is -2.93. The van der Waals surface area contributed by atoms with Gasteiger partial charge in [0.1, 0.15) is 11.4 Å². The molecule has 0 radical (unpaired) electrons. The van der Waals surface area contributed by atoms with E-state index in [1.807, 2.05) is 6.07 Å². The van der Waals surface area contributed by atoms with Gasteiger partial charge in [0, 0.05) is 12.2 Å². The Bertz CT molecular complexity index is 894. The molecule has 0 saturated carbocycles. The van der Waals surface area contributed by atoms with E-state index in [0.29, 0.717) is 26.1 Å². The third kappa shape index (κ3) is 3.22. The molecule has 0 aliphatic carbocycles. The van der Waals surface area contributed by atoms with Crippen molar-refractivity contribution in [2.24, 2.45) is 0 Å². The number of nitrogens with one attached hydrogen (secondary N) is 1. The molecule has 1 amide bonds. The van der Waals surface area contributed by atoms with E-state index in [2.05, 4.69) is 10.2 Å². The van der Waals surface area contributed by atoms with Crippen molar-refractivity contribution in [3.63, 3.8) is 0 Å². The molecule has 2 fully saturated rings. The van der Waals surface area contributed by atoms with Gasteiger partial charge in [-0.05, 0) is 67.9 Å². The predicted octanol–water partition coefficient (Wildman–Crippen LogP) is 2.45. The highest BCUT2D eigenvalue weighted by Gasteiger charge is 2.52. The molecular formula is C21H22FN3O3. The van der Waals surface area contributed by atoms with Crippen molar-refractivity contribution in [3.8, 4) is 0 Å². The summed E-state index contributed by atoms with van der Waals surface area (Å²) in [7, 11) is 0. The number of anilines is 1. The molecule has 2 aliphatic rings. The first kappa shape index (κ1) is 18.4. The number of carbonyl (C=O) groups excluding carboxylic acids is 1. The van der Waals surface area contributed by atoms with Crippen molar-refractivity contribution in [2.45, 2.75) is 24.9 Å². The number of carbonyl (C=O) groups is 2. The summed E-state index contributed by atoms with van der Waals surface area (Å²) < 4.78 is 13.4. The molecule has 2 aromatic carbocycles. The molecule has 0 atom stereocenters. The summed E-state index contributed by atoms with van der Waals surface area (Å²) in [5, 5.41) is 12.5. The zero-order chi connectivity index (χ0) is 19.7. The monoisotopic (exact) mass is 383 g/mol. The summed E-state index contributed by atoms with van der Waals surface area (Å²) in [6.07, 6.45) is 1.35. The van der Waals surface area contributed by atoms with Gasteiger partial charge in [-0.15, -0.1) is 0 Å². The lowest BCUT2D eigenvalue weighted by molar-refractivity contribution is -0.133. The van der Waals surface area contributed by atoms with E-state index in [1.165, 1.54) is 18.2 Å². The molecule has 2 heterocycles. The number of piperidine rings is 1. The summed E-state index contributed by atoms with van der Waals surface area (Å²) in [5.74, 6) is -1.26. The van der Waals surface area contributed by atoms with Crippen molar-refractivity contribution in [3.05, 3.63) is 65.5 Å². The lowest BCUT2D eigenvalue weighted by Crippen LogP contribution is -2.55. The van der Waals surface area contributed by atoms with Crippen molar-refractivity contribution < 1.29 is 19.1 Å². The van der Waals surface area contributed by atoms with Crippen molar-refractivity contribution in [2.75, 3.05) is 24.7 Å². The number of nitrogens with zero attached hydrogens (tertiary/aromatic N) is 2. The Morgan fingerprint density at radius 2 is 1.86 bits per heavy atom. The molecule has 2 aromatic rings. The van der Waals surface area contributed by atoms with Gasteiger partial charge in [-0.2, -0.15) is 0 Å². The molecule has 7 heteroatoms. The van der Waals surface area contributed by atoms with Crippen LogP contribution in [0.2, 0.25) is 0 Å². The molecular weight excluding hydrogens is 361 g/mol. The van der Waals surface area contributed by atoms with Crippen molar-refractivity contribution in [1.82, 2.24) is 10.2 Å². The fraction of sp³-hybridized carbons (Fsp3) is 0.333. The van der Waals surface area contributed by atoms with Gasteiger partial charge >= 0.3 is 5.97 Å². The Labute approximate surface area is 162 Å². The Morgan fingerprint density at radius 1 is 1.14 bits per heavy atom. The normalized spacial score (nSPS) is 18.7. The van der Waals surface area contributed by atoms with Crippen LogP contribution in [0.25, 0.3) is 0 Å². The van der Waals surface area contributed by atoms with Gasteiger partial charge in [-0.3, -0.25) is 4.79 Å². The van der Waals surface area contributed by atoms with Crippen LogP contribution in [0, 0.1) is 5.82 Å². The smallest absolute Gasteiger partial charge is 0.335 e. The van der Waals surface area contributed by atoms with Gasteiger partial charge in [-0.1, -0.05) is 12.1 Å². The number of benzene rings is 2. The SMILES string of the molecule is O=C(O)c1cccc(CN2CN(c3ccc(F)cc3)C3(CCNCC3)C2=O)c1. The first-order valence-corrected chi connectivity index (χ1v) is 9.35. The van der Waals surface area contributed by atoms with Crippen molar-refractivity contribution >= 4 is 17.6 Å². The maximum atomic E-state index is 13.4. The number of carboxylic acid groups (broad SMARTS) is 1. The number of rotatable bonds is 4. The second-order valence-corrected chi connectivity index (χ2v) is 7.34. The third-order valence-corrected chi connectivity index (χ3v) is 5.63. The van der Waals surface area contributed by atoms with Gasteiger partial charge in [-0.25, -0.2) is 9.18 Å². The highest BCUT2D eigenvalue weighted by molar-refractivity contribution is 5.93. The van der Waals surface area contributed by atoms with E-state index in [9.17, 15) is 19.1 Å². The zero-order valence-electron chi connectivity index (χ0n) is 15.4. The molecule has 146 valence electrons. The van der Waals surface area contributed by atoms with Crippen LogP contribution in [-0.2, 0) is 11.3 Å². The van der Waals surface area contributed by atoms with Gasteiger partial charge in [0.25, 0.3) is 0 Å². The Kier molecular flexibility index (Phi) is 4.77. The fourth-order valence-corrected chi connectivity index (χ4v) is 4.20. The van der Waals surface area contributed by atoms with Crippen LogP contribution in [0.1, 0.15) is 28.8 Å². The molecule has 2 saturated heterocycles. The molecule has 2 N–H and O–H groups in total. The minimum Gasteiger partial charge on any atom is -0.478 e. The number of hydrogen-bond acceptors (Lipinski definition) is 4. The van der Waals surface area contributed by atoms with E-state index in [1.54, 1.807) is 29.2 Å². The van der Waals surface area contributed by atoms with Gasteiger partial charge < -0.3 is 20.2 Å². The topological polar surface area (TPSA) is 72.9 Å². The van der Waals surface area contributed by atoms with Crippen LogP contribution in [0.5, 0.6) is 0 Å². The molecule has 2 aliphatic heterocycles. The lowest BCUT2D eigenvalue weighted by atomic mass is 9.86. The molecule has 6 nitrogen and oxygen atoms in total. The predicted molar refractivity (Wildman–Crippen MR) is 103 cm³/mol. The minimum absolute atomic E-state index is 0.0408. The third-order valence-electron chi connectivity index (χ3n) is 5.63. The summed E-state index contributed by atoms with van der Waals surface area (Å²) >= 11 is 0. The second kappa shape index (κ2) is 7.24. The number of amides is 1. The maximum Gasteiger partial charge on any atom is 0.335 e. The van der Waals surface area contributed by atoms with Crippen molar-refractivity contribution in [1.29, 1.82) is 0 Å². The second-order valence-electron chi connectivity index (χ2n) is 7.34. The lowest BCUT2D eigenvalue weighted by Gasteiger charge is -2.40. The highest BCUT2D eigenvalue weighted by atomic mass is 19.1. The van der Waals surface area contributed by atoms with Gasteiger partial charge in [0.15, 0.2) is 0 Å². The first-order chi connectivity index (χ1) is 13.5. The molecule has 1 spiro atoms. The van der Waals surface area contributed by atoms with Crippen LogP contribution in [-0.4, -0.2) is 47.2 Å². The largest absolute Gasteiger partial charge is 0.478 e. The summed E-state index contributed by atoms with van der Waals surface area (Å²) in [4.78, 5) is 28.5. The molecule has 0 aromatic heterocycles. The Balaban J connectivity index is 1.64. The van der Waals surface area contributed by atoms with Gasteiger partial charge in [0.2, 0.25) is 5.91 Å². The Morgan fingerprint density at radius 3 is 2.54 bits per heavy atom. The summed E-state index contributed by atoms with van der Waals surface area (Å²) in [6, 6.07) is 12.9. The van der Waals surface area contributed by atoms with E-state index >= 15 is 0 Å². The fourth-order valence-electron chi connectivity index (χ4n) is 4.20. The van der Waals surface area contributed by atoms with Crippen LogP contribution < -0.4 is 10.2 Å². The summed E-state index contributed by atoms with van der Waals surface area (Å²) in [6.45, 7) is 2.21. The van der Waals surface area contributed by atoms with E-state index in [-0.39, 0.29) is 17.3 Å². The van der Waals surface area contributed by atoms with E-state index in [0.717, 1.165) is 24.3 Å². The van der Waals surface area contributed by atoms with Crippen LogP contribution in [0.3, 0.4) is 0 Å². The van der Waals surface area contributed by atoms with E-state index in [4.69, 9.17) is 0 Å². The quantitative estimate of drug-likeness (QED) is 0.849. The standard InChI is InChI=1S/C21H22FN3O3/c22-17-4-6-18(7-5-17)25-14-24(20(28)21(25)8-10-23-11-9-21)13-15-2-1-3-16(12-15)19(26)27/h1-7,12,23H,8-11,13-14H2,(H,26,27). The van der Waals surface area contributed by atoms with E-state index < -0.39 is 11.5 Å². The van der Waals surface area contributed by atoms with Crippen LogP contribution in [0.15, 0.2) is 48.5 Å². The molecule has 0 bridgehead atoms. The zero-order valence-corrected chi connectivity index (χ0v) is 15.4. The average Bonchev–Trinajstić information content (AvgIpc) is 2.95. The number of hydrogen-bond donors (Lipinski definition) is 2. The highest BCUT2D eigenvalue weighted by Crippen LogP contribution is 2.38. The maximum absolute atomic E-state index is 13.4. The molecule has 4 rings (SSSR count). The van der Waals surface area contributed by atoms with Crippen LogP contribution in [0.4, 0.5) is 10.1 Å². The van der Waals surface area contributed by atoms with Crippen LogP contribution >= 0.6 is 0 Å². The number of aromatic carboxylic acids is 1. The number of halogens is 1. The average molecular weight is 383 g/mol.